The van der Waals surface area contributed by atoms with Crippen molar-refractivity contribution in [1.82, 2.24) is 5.32 Å². The second kappa shape index (κ2) is 13.5. The fourth-order valence-corrected chi connectivity index (χ4v) is 10.5. The molecule has 6 rings (SSSR count). The van der Waals surface area contributed by atoms with Gasteiger partial charge in [-0.3, -0.25) is 4.79 Å². The van der Waals surface area contributed by atoms with Gasteiger partial charge >= 0.3 is 11.9 Å². The van der Waals surface area contributed by atoms with Gasteiger partial charge in [0, 0.05) is 22.0 Å². The van der Waals surface area contributed by atoms with Crippen LogP contribution in [-0.2, 0) is 38.7 Å². The lowest BCUT2D eigenvalue weighted by Crippen LogP contribution is -2.34. The zero-order valence-electron chi connectivity index (χ0n) is 27.0. The summed E-state index contributed by atoms with van der Waals surface area (Å²) in [7, 11) is -7.28. The Labute approximate surface area is 293 Å². The standard InChI is InChI=1S/C36H31ClFNO9S2/c1-20(22-11-12-24-18-25(46-3)14-13-23(24)17-22)35(40)47-15-16-48-36(41)31-21(2)39-28-19-49(42,43)29-9-4-5-10-30(29)50(44,45)34(28)33(31)32-26(37)7-6-8-27(32)38/h4-14,17-18,20,33,39H,15-16,19H2,1-3H3/t20-,33?/m0/s1. The number of hydrogen-bond donors (Lipinski definition) is 1. The van der Waals surface area contributed by atoms with E-state index in [-0.39, 0.29) is 34.2 Å². The van der Waals surface area contributed by atoms with Gasteiger partial charge in [0.25, 0.3) is 0 Å². The Morgan fingerprint density at radius 2 is 1.60 bits per heavy atom. The molecule has 2 heterocycles. The molecule has 0 aromatic heterocycles. The molecule has 10 nitrogen and oxygen atoms in total. The molecule has 1 unspecified atom stereocenters. The number of carbonyl (C=O) groups is 2. The summed E-state index contributed by atoms with van der Waals surface area (Å²) in [4.78, 5) is 25.2. The molecular weight excluding hydrogens is 709 g/mol. The smallest absolute Gasteiger partial charge is 0.336 e. The van der Waals surface area contributed by atoms with Crippen molar-refractivity contribution in [3.63, 3.8) is 0 Å². The van der Waals surface area contributed by atoms with Crippen LogP contribution in [0, 0.1) is 5.82 Å². The van der Waals surface area contributed by atoms with E-state index in [1.165, 1.54) is 37.3 Å². The maximum absolute atomic E-state index is 15.6. The lowest BCUT2D eigenvalue weighted by atomic mass is 9.86. The number of carbonyl (C=O) groups excluding carboxylic acids is 2. The van der Waals surface area contributed by atoms with E-state index in [4.69, 9.17) is 25.8 Å². The molecule has 0 amide bonds. The molecule has 14 heteroatoms. The van der Waals surface area contributed by atoms with Crippen molar-refractivity contribution < 1.29 is 45.0 Å². The average Bonchev–Trinajstić information content (AvgIpc) is 3.14. The Hall–Kier alpha value is -4.72. The van der Waals surface area contributed by atoms with Gasteiger partial charge in [-0.05, 0) is 66.6 Å². The van der Waals surface area contributed by atoms with Gasteiger partial charge in [-0.25, -0.2) is 26.0 Å². The van der Waals surface area contributed by atoms with E-state index in [1.54, 1.807) is 20.1 Å². The summed E-state index contributed by atoms with van der Waals surface area (Å²) in [5.74, 6) is -4.91. The monoisotopic (exact) mass is 739 g/mol. The van der Waals surface area contributed by atoms with Crippen LogP contribution < -0.4 is 10.1 Å². The number of allylic oxidation sites excluding steroid dienone is 2. The molecule has 2 aliphatic heterocycles. The number of rotatable bonds is 8. The molecule has 50 heavy (non-hydrogen) atoms. The SMILES string of the molecule is COc1ccc2cc([C@H](C)C(=O)OCCOC(=O)C3=C(C)NC4=C(C3c3c(F)cccc3Cl)S(=O)(=O)c3ccccc3S(=O)(=O)C4)ccc2c1. The number of hydrogen-bond acceptors (Lipinski definition) is 10. The van der Waals surface area contributed by atoms with Gasteiger partial charge in [0.2, 0.25) is 9.84 Å². The second-order valence-electron chi connectivity index (χ2n) is 11.8. The minimum atomic E-state index is -4.67. The summed E-state index contributed by atoms with van der Waals surface area (Å²) in [6.07, 6.45) is 0. The highest BCUT2D eigenvalue weighted by molar-refractivity contribution is 7.97. The largest absolute Gasteiger partial charge is 0.497 e. The maximum atomic E-state index is 15.6. The number of sulfone groups is 2. The van der Waals surface area contributed by atoms with Crippen molar-refractivity contribution in [2.24, 2.45) is 0 Å². The van der Waals surface area contributed by atoms with Gasteiger partial charge < -0.3 is 19.5 Å². The van der Waals surface area contributed by atoms with Crippen LogP contribution in [0.1, 0.15) is 36.8 Å². The highest BCUT2D eigenvalue weighted by Gasteiger charge is 2.47. The van der Waals surface area contributed by atoms with Crippen LogP contribution in [0.2, 0.25) is 5.02 Å². The Balaban J connectivity index is 1.25. The summed E-state index contributed by atoms with van der Waals surface area (Å²) in [6, 6.07) is 19.9. The van der Waals surface area contributed by atoms with Gasteiger partial charge in [-0.2, -0.15) is 0 Å². The lowest BCUT2D eigenvalue weighted by Gasteiger charge is -2.31. The molecule has 0 bridgehead atoms. The number of fused-ring (bicyclic) bond motifs is 2. The van der Waals surface area contributed by atoms with Gasteiger partial charge in [0.1, 0.15) is 24.8 Å². The van der Waals surface area contributed by atoms with Crippen LogP contribution in [0.4, 0.5) is 4.39 Å². The van der Waals surface area contributed by atoms with Crippen molar-refractivity contribution in [2.45, 2.75) is 35.5 Å². The first-order valence-electron chi connectivity index (χ1n) is 15.4. The second-order valence-corrected chi connectivity index (χ2v) is 16.0. The van der Waals surface area contributed by atoms with Crippen LogP contribution in [0.3, 0.4) is 0 Å². The first kappa shape index (κ1) is 35.1. The van der Waals surface area contributed by atoms with Crippen molar-refractivity contribution in [2.75, 3.05) is 26.1 Å². The molecule has 0 saturated heterocycles. The summed E-state index contributed by atoms with van der Waals surface area (Å²) in [5, 5.41) is 4.43. The van der Waals surface area contributed by atoms with Crippen LogP contribution in [0.5, 0.6) is 5.75 Å². The van der Waals surface area contributed by atoms with E-state index in [1.807, 2.05) is 30.3 Å². The third-order valence-electron chi connectivity index (χ3n) is 8.68. The normalized spacial score (nSPS) is 18.3. The molecule has 260 valence electrons. The van der Waals surface area contributed by atoms with Crippen molar-refractivity contribution in [1.29, 1.82) is 0 Å². The Morgan fingerprint density at radius 1 is 0.920 bits per heavy atom. The molecule has 2 atom stereocenters. The fraction of sp³-hybridized carbons (Fsp3) is 0.222. The van der Waals surface area contributed by atoms with E-state index >= 15 is 4.39 Å². The van der Waals surface area contributed by atoms with Gasteiger partial charge in [-0.1, -0.05) is 54.1 Å². The first-order chi connectivity index (χ1) is 23.7. The predicted molar refractivity (Wildman–Crippen MR) is 184 cm³/mol. The molecule has 0 aliphatic carbocycles. The molecule has 4 aromatic rings. The van der Waals surface area contributed by atoms with E-state index in [0.717, 1.165) is 22.9 Å². The number of benzene rings is 4. The Bertz CT molecular complexity index is 2330. The zero-order chi connectivity index (χ0) is 36.0. The molecule has 1 N–H and O–H groups in total. The summed E-state index contributed by atoms with van der Waals surface area (Å²) >= 11 is 6.46. The maximum Gasteiger partial charge on any atom is 0.336 e. The van der Waals surface area contributed by atoms with Crippen LogP contribution in [0.25, 0.3) is 10.8 Å². The van der Waals surface area contributed by atoms with E-state index in [2.05, 4.69) is 5.32 Å². The lowest BCUT2D eigenvalue weighted by molar-refractivity contribution is -0.151. The molecule has 0 saturated carbocycles. The number of ether oxygens (including phenoxy) is 3. The molecule has 2 aliphatic rings. The minimum absolute atomic E-state index is 0.0361. The van der Waals surface area contributed by atoms with E-state index < -0.39 is 76.3 Å². The number of dihydropyridines is 1. The zero-order valence-corrected chi connectivity index (χ0v) is 29.4. The van der Waals surface area contributed by atoms with Crippen molar-refractivity contribution in [3.05, 3.63) is 123 Å². The van der Waals surface area contributed by atoms with E-state index in [0.29, 0.717) is 11.3 Å². The van der Waals surface area contributed by atoms with Crippen LogP contribution in [0.15, 0.2) is 111 Å². The molecule has 0 fully saturated rings. The number of halogens is 2. The quantitative estimate of drug-likeness (QED) is 0.170. The average molecular weight is 740 g/mol. The first-order valence-corrected chi connectivity index (χ1v) is 18.9. The highest BCUT2D eigenvalue weighted by atomic mass is 35.5. The van der Waals surface area contributed by atoms with Crippen molar-refractivity contribution in [3.8, 4) is 5.75 Å². The van der Waals surface area contributed by atoms with Crippen molar-refractivity contribution >= 4 is 54.0 Å². The summed E-state index contributed by atoms with van der Waals surface area (Å²) in [6.45, 7) is 2.35. The number of methoxy groups -OCH3 is 1. The Kier molecular flexibility index (Phi) is 9.51. The number of esters is 2. The predicted octanol–water partition coefficient (Wildman–Crippen LogP) is 5.96. The fourth-order valence-electron chi connectivity index (χ4n) is 6.20. The van der Waals surface area contributed by atoms with Gasteiger partial charge in [0.15, 0.2) is 9.84 Å². The third kappa shape index (κ3) is 6.36. The van der Waals surface area contributed by atoms with E-state index in [9.17, 15) is 26.4 Å². The molecule has 4 aromatic carbocycles. The summed E-state index contributed by atoms with van der Waals surface area (Å²) in [5.41, 5.74) is -0.141. The van der Waals surface area contributed by atoms with Gasteiger partial charge in [-0.15, -0.1) is 0 Å². The van der Waals surface area contributed by atoms with Crippen LogP contribution >= 0.6 is 11.6 Å². The molecule has 0 spiro atoms. The number of nitrogens with one attached hydrogen (secondary N) is 1. The van der Waals surface area contributed by atoms with Gasteiger partial charge in [0.05, 0.1) is 45.0 Å². The molecule has 0 radical (unpaired) electrons. The topological polar surface area (TPSA) is 142 Å². The Morgan fingerprint density at radius 3 is 2.32 bits per heavy atom. The van der Waals surface area contributed by atoms with Crippen LogP contribution in [-0.4, -0.2) is 54.9 Å². The highest BCUT2D eigenvalue weighted by Crippen LogP contribution is 2.48. The summed E-state index contributed by atoms with van der Waals surface area (Å²) < 4.78 is 87.1. The molecular formula is C36H31ClFNO9S2. The third-order valence-corrected chi connectivity index (χ3v) is 12.8. The minimum Gasteiger partial charge on any atom is -0.497 e.